The molecule has 9 heteroatoms. The van der Waals surface area contributed by atoms with Crippen LogP contribution in [0.2, 0.25) is 0 Å². The quantitative estimate of drug-likeness (QED) is 0.530. The Morgan fingerprint density at radius 3 is 2.63 bits per heavy atom. The minimum atomic E-state index is -4.25. The maximum atomic E-state index is 14.3. The third-order valence-electron chi connectivity index (χ3n) is 3.60. The van der Waals surface area contributed by atoms with E-state index < -0.39 is 32.3 Å². The number of carbonyl (C=O) groups excluding carboxylic acids is 1. The molecule has 3 aromatic rings. The van der Waals surface area contributed by atoms with Gasteiger partial charge in [0.05, 0.1) is 12.2 Å². The zero-order valence-electron chi connectivity index (χ0n) is 14.1. The van der Waals surface area contributed by atoms with Gasteiger partial charge in [-0.15, -0.1) is 0 Å². The van der Waals surface area contributed by atoms with Gasteiger partial charge in [0.2, 0.25) is 0 Å². The summed E-state index contributed by atoms with van der Waals surface area (Å²) in [6, 6.07) is 9.90. The molecule has 1 N–H and O–H groups in total. The average Bonchev–Trinajstić information content (AvgIpc) is 2.61. The standard InChI is InChI=1S/C18H14FNO6S/c1-2-25-18(22)12-3-7-16(14(19)10-12)27(23,24)20-13-5-6-15-11(9-13)4-8-17(21)26-15/h3-10,20H,2H2,1H3. The molecule has 140 valence electrons. The van der Waals surface area contributed by atoms with E-state index in [1.165, 1.54) is 36.4 Å². The van der Waals surface area contributed by atoms with E-state index in [0.29, 0.717) is 5.39 Å². The Kier molecular flexibility index (Phi) is 4.95. The summed E-state index contributed by atoms with van der Waals surface area (Å²) < 4.78 is 51.2. The number of nitrogens with one attached hydrogen (secondary N) is 1. The van der Waals surface area contributed by atoms with Crippen LogP contribution in [-0.4, -0.2) is 21.0 Å². The molecular weight excluding hydrogens is 377 g/mol. The second-order valence-electron chi connectivity index (χ2n) is 5.48. The number of fused-ring (bicyclic) bond motifs is 1. The molecule has 0 aliphatic carbocycles. The smallest absolute Gasteiger partial charge is 0.338 e. The van der Waals surface area contributed by atoms with E-state index in [2.05, 4.69) is 4.72 Å². The molecule has 1 heterocycles. The van der Waals surface area contributed by atoms with Crippen LogP contribution in [-0.2, 0) is 14.8 Å². The van der Waals surface area contributed by atoms with Crippen LogP contribution >= 0.6 is 0 Å². The van der Waals surface area contributed by atoms with Crippen LogP contribution in [0.4, 0.5) is 10.1 Å². The molecule has 27 heavy (non-hydrogen) atoms. The maximum absolute atomic E-state index is 14.3. The number of ether oxygens (including phenoxy) is 1. The molecule has 0 saturated heterocycles. The third-order valence-corrected chi connectivity index (χ3v) is 5.02. The number of sulfonamides is 1. The Morgan fingerprint density at radius 2 is 1.93 bits per heavy atom. The maximum Gasteiger partial charge on any atom is 0.338 e. The number of carbonyl (C=O) groups is 1. The van der Waals surface area contributed by atoms with Crippen LogP contribution in [0.5, 0.6) is 0 Å². The lowest BCUT2D eigenvalue weighted by Crippen LogP contribution is -2.15. The summed E-state index contributed by atoms with van der Waals surface area (Å²) in [6.45, 7) is 1.72. The van der Waals surface area contributed by atoms with Gasteiger partial charge < -0.3 is 9.15 Å². The summed E-state index contributed by atoms with van der Waals surface area (Å²) in [5.41, 5.74) is -0.172. The molecule has 3 rings (SSSR count). The Bertz CT molecular complexity index is 1190. The molecule has 0 aliphatic rings. The summed E-state index contributed by atoms with van der Waals surface area (Å²) in [5, 5.41) is 0.493. The molecule has 0 radical (unpaired) electrons. The fraction of sp³-hybridized carbons (Fsp3) is 0.111. The Labute approximate surface area is 153 Å². The molecule has 0 saturated carbocycles. The highest BCUT2D eigenvalue weighted by atomic mass is 32.2. The van der Waals surface area contributed by atoms with Crippen molar-refractivity contribution in [1.82, 2.24) is 0 Å². The SMILES string of the molecule is CCOC(=O)c1ccc(S(=O)(=O)Nc2ccc3oc(=O)ccc3c2)c(F)c1. The lowest BCUT2D eigenvalue weighted by molar-refractivity contribution is 0.0525. The van der Waals surface area contributed by atoms with E-state index in [4.69, 9.17) is 9.15 Å². The lowest BCUT2D eigenvalue weighted by Gasteiger charge is -2.10. The van der Waals surface area contributed by atoms with Crippen LogP contribution in [0.15, 0.2) is 62.6 Å². The fourth-order valence-corrected chi connectivity index (χ4v) is 3.52. The van der Waals surface area contributed by atoms with Gasteiger partial charge in [0, 0.05) is 17.1 Å². The Balaban J connectivity index is 1.91. The van der Waals surface area contributed by atoms with Gasteiger partial charge in [-0.05, 0) is 49.4 Å². The first-order chi connectivity index (χ1) is 12.8. The molecule has 0 atom stereocenters. The molecule has 0 amide bonds. The summed E-state index contributed by atoms with van der Waals surface area (Å²) in [6.07, 6.45) is 0. The second kappa shape index (κ2) is 7.20. The first-order valence-electron chi connectivity index (χ1n) is 7.83. The third kappa shape index (κ3) is 3.98. The number of benzene rings is 2. The molecule has 0 bridgehead atoms. The van der Waals surface area contributed by atoms with Crippen LogP contribution in [0, 0.1) is 5.82 Å². The van der Waals surface area contributed by atoms with E-state index >= 15 is 0 Å². The molecular formula is C18H14FNO6S. The predicted molar refractivity (Wildman–Crippen MR) is 95.6 cm³/mol. The van der Waals surface area contributed by atoms with Crippen molar-refractivity contribution in [2.45, 2.75) is 11.8 Å². The van der Waals surface area contributed by atoms with Crippen molar-refractivity contribution in [2.24, 2.45) is 0 Å². The molecule has 2 aromatic carbocycles. The van der Waals surface area contributed by atoms with Crippen LogP contribution < -0.4 is 10.3 Å². The van der Waals surface area contributed by atoms with E-state index in [-0.39, 0.29) is 23.4 Å². The predicted octanol–water partition coefficient (Wildman–Crippen LogP) is 2.91. The van der Waals surface area contributed by atoms with Gasteiger partial charge in [-0.1, -0.05) is 0 Å². The summed E-state index contributed by atoms with van der Waals surface area (Å²) in [4.78, 5) is 22.2. The molecule has 7 nitrogen and oxygen atoms in total. The van der Waals surface area contributed by atoms with Crippen molar-refractivity contribution < 1.29 is 26.8 Å². The topological polar surface area (TPSA) is 103 Å². The zero-order valence-corrected chi connectivity index (χ0v) is 14.9. The van der Waals surface area contributed by atoms with E-state index in [1.807, 2.05) is 0 Å². The number of esters is 1. The molecule has 1 aromatic heterocycles. The molecule has 0 aliphatic heterocycles. The lowest BCUT2D eigenvalue weighted by atomic mass is 10.2. The van der Waals surface area contributed by atoms with Gasteiger partial charge in [-0.25, -0.2) is 22.4 Å². The average molecular weight is 391 g/mol. The Morgan fingerprint density at radius 1 is 1.15 bits per heavy atom. The number of hydrogen-bond donors (Lipinski definition) is 1. The van der Waals surface area contributed by atoms with Gasteiger partial charge in [-0.3, -0.25) is 4.72 Å². The number of halogens is 1. The van der Waals surface area contributed by atoms with Gasteiger partial charge >= 0.3 is 11.6 Å². The highest BCUT2D eigenvalue weighted by molar-refractivity contribution is 7.92. The highest BCUT2D eigenvalue weighted by Gasteiger charge is 2.21. The minimum Gasteiger partial charge on any atom is -0.462 e. The van der Waals surface area contributed by atoms with Crippen molar-refractivity contribution in [1.29, 1.82) is 0 Å². The van der Waals surface area contributed by atoms with Gasteiger partial charge in [-0.2, -0.15) is 0 Å². The molecule has 0 spiro atoms. The summed E-state index contributed by atoms with van der Waals surface area (Å²) in [5.74, 6) is -1.83. The zero-order chi connectivity index (χ0) is 19.6. The van der Waals surface area contributed by atoms with Gasteiger partial charge in [0.15, 0.2) is 0 Å². The molecule has 0 fully saturated rings. The van der Waals surface area contributed by atoms with Crippen LogP contribution in [0.1, 0.15) is 17.3 Å². The van der Waals surface area contributed by atoms with Crippen LogP contribution in [0.3, 0.4) is 0 Å². The first kappa shape index (κ1) is 18.6. The minimum absolute atomic E-state index is 0.0889. The van der Waals surface area contributed by atoms with Gasteiger partial charge in [0.25, 0.3) is 10.0 Å². The van der Waals surface area contributed by atoms with Crippen molar-refractivity contribution in [3.05, 3.63) is 70.3 Å². The normalized spacial score (nSPS) is 11.3. The van der Waals surface area contributed by atoms with E-state index in [9.17, 15) is 22.4 Å². The van der Waals surface area contributed by atoms with Crippen molar-refractivity contribution >= 4 is 32.6 Å². The number of anilines is 1. The fourth-order valence-electron chi connectivity index (χ4n) is 2.41. The Hall–Kier alpha value is -3.20. The van der Waals surface area contributed by atoms with Gasteiger partial charge in [0.1, 0.15) is 16.3 Å². The monoisotopic (exact) mass is 391 g/mol. The molecule has 0 unspecified atom stereocenters. The van der Waals surface area contributed by atoms with Crippen LogP contribution in [0.25, 0.3) is 11.0 Å². The van der Waals surface area contributed by atoms with E-state index in [1.54, 1.807) is 6.92 Å². The van der Waals surface area contributed by atoms with Crippen molar-refractivity contribution in [3.63, 3.8) is 0 Å². The van der Waals surface area contributed by atoms with Crippen molar-refractivity contribution in [3.8, 4) is 0 Å². The number of rotatable bonds is 5. The van der Waals surface area contributed by atoms with E-state index in [0.717, 1.165) is 12.1 Å². The first-order valence-corrected chi connectivity index (χ1v) is 9.32. The van der Waals surface area contributed by atoms with Crippen molar-refractivity contribution in [2.75, 3.05) is 11.3 Å². The second-order valence-corrected chi connectivity index (χ2v) is 7.13. The largest absolute Gasteiger partial charge is 0.462 e. The number of hydrogen-bond acceptors (Lipinski definition) is 6. The highest BCUT2D eigenvalue weighted by Crippen LogP contribution is 2.23. The summed E-state index contributed by atoms with van der Waals surface area (Å²) in [7, 11) is -4.25. The summed E-state index contributed by atoms with van der Waals surface area (Å²) >= 11 is 0.